The van der Waals surface area contributed by atoms with Crippen LogP contribution in [0.1, 0.15) is 23.7 Å². The number of ketones is 1. The van der Waals surface area contributed by atoms with Crippen LogP contribution in [-0.2, 0) is 4.74 Å². The van der Waals surface area contributed by atoms with Gasteiger partial charge in [0, 0.05) is 11.5 Å². The number of halogens is 2. The summed E-state index contributed by atoms with van der Waals surface area (Å²) in [7, 11) is 0. The van der Waals surface area contributed by atoms with E-state index in [1.807, 2.05) is 13.0 Å². The van der Waals surface area contributed by atoms with Gasteiger partial charge < -0.3 is 4.74 Å². The molecule has 0 radical (unpaired) electrons. The number of carbonyl (C=O) groups is 1. The minimum Gasteiger partial charge on any atom is -0.378 e. The summed E-state index contributed by atoms with van der Waals surface area (Å²) in [4.78, 5) is 12.1. The van der Waals surface area contributed by atoms with Crippen LogP contribution in [0.2, 0.25) is 0 Å². The molecule has 2 unspecified atom stereocenters. The van der Waals surface area contributed by atoms with Crippen molar-refractivity contribution >= 4 is 49.0 Å². The van der Waals surface area contributed by atoms with Crippen molar-refractivity contribution in [2.75, 3.05) is 6.61 Å². The fourth-order valence-electron chi connectivity index (χ4n) is 1.73. The zero-order valence-corrected chi connectivity index (χ0v) is 12.1. The molecule has 2 nitrogen and oxygen atoms in total. The number of hydrogen-bond acceptors (Lipinski definition) is 3. The largest absolute Gasteiger partial charge is 0.378 e. The summed E-state index contributed by atoms with van der Waals surface area (Å²) in [6.45, 7) is 2.56. The van der Waals surface area contributed by atoms with E-state index in [0.29, 0.717) is 6.61 Å². The Bertz CT molecular complexity index is 389. The van der Waals surface area contributed by atoms with Crippen molar-refractivity contribution in [1.82, 2.24) is 0 Å². The zero-order chi connectivity index (χ0) is 11.0. The van der Waals surface area contributed by atoms with Gasteiger partial charge in [-0.2, -0.15) is 0 Å². The zero-order valence-electron chi connectivity index (χ0n) is 8.13. The molecule has 5 heteroatoms. The van der Waals surface area contributed by atoms with Crippen LogP contribution < -0.4 is 0 Å². The summed E-state index contributed by atoms with van der Waals surface area (Å²) >= 11 is 8.31. The summed E-state index contributed by atoms with van der Waals surface area (Å²) in [6.07, 6.45) is 1.04. The number of hydrogen-bond donors (Lipinski definition) is 0. The quantitative estimate of drug-likeness (QED) is 0.754. The third-order valence-corrected chi connectivity index (χ3v) is 4.83. The Hall–Kier alpha value is 0.290. The van der Waals surface area contributed by atoms with Crippen LogP contribution in [0, 0.1) is 5.92 Å². The summed E-state index contributed by atoms with van der Waals surface area (Å²) in [6, 6.07) is 1.88. The molecule has 15 heavy (non-hydrogen) atoms. The molecule has 2 heterocycles. The second kappa shape index (κ2) is 4.65. The molecule has 1 aliphatic heterocycles. The molecule has 0 bridgehead atoms. The molecule has 1 aromatic heterocycles. The fraction of sp³-hybridized carbons (Fsp3) is 0.500. The number of Topliss-reactive ketones (excluding diaryl/α,β-unsaturated/α-hetero) is 1. The van der Waals surface area contributed by atoms with Gasteiger partial charge in [0.05, 0.1) is 20.3 Å². The van der Waals surface area contributed by atoms with Crippen molar-refractivity contribution in [3.8, 4) is 0 Å². The van der Waals surface area contributed by atoms with E-state index in [1.165, 1.54) is 11.3 Å². The number of thiophene rings is 1. The lowest BCUT2D eigenvalue weighted by Gasteiger charge is -2.04. The topological polar surface area (TPSA) is 26.3 Å². The van der Waals surface area contributed by atoms with Crippen molar-refractivity contribution in [3.63, 3.8) is 0 Å². The maximum absolute atomic E-state index is 12.1. The van der Waals surface area contributed by atoms with Gasteiger partial charge in [0.2, 0.25) is 0 Å². The monoisotopic (exact) mass is 352 g/mol. The Labute approximate surface area is 109 Å². The van der Waals surface area contributed by atoms with Gasteiger partial charge in [-0.3, -0.25) is 4.79 Å². The molecule has 1 saturated heterocycles. The summed E-state index contributed by atoms with van der Waals surface area (Å²) in [5.41, 5.74) is 0.773. The average molecular weight is 354 g/mol. The molecule has 0 spiro atoms. The molecule has 1 fully saturated rings. The third kappa shape index (κ3) is 2.52. The lowest BCUT2D eigenvalue weighted by Crippen LogP contribution is -2.14. The predicted molar refractivity (Wildman–Crippen MR) is 67.6 cm³/mol. The standard InChI is InChI=1S/C10H10Br2O2S/c1-5-2-6(4-14-5)9(13)7-3-8(11)15-10(7)12/h3,5-6H,2,4H2,1H3. The van der Waals surface area contributed by atoms with Crippen LogP contribution in [0.4, 0.5) is 0 Å². The molecule has 0 saturated carbocycles. The Balaban J connectivity index is 2.17. The van der Waals surface area contributed by atoms with Crippen LogP contribution in [0.5, 0.6) is 0 Å². The minimum absolute atomic E-state index is 0.0257. The van der Waals surface area contributed by atoms with Gasteiger partial charge in [0.15, 0.2) is 5.78 Å². The normalized spacial score (nSPS) is 25.8. The van der Waals surface area contributed by atoms with E-state index in [-0.39, 0.29) is 17.8 Å². The third-order valence-electron chi connectivity index (χ3n) is 2.49. The Morgan fingerprint density at radius 2 is 2.33 bits per heavy atom. The molecular weight excluding hydrogens is 344 g/mol. The van der Waals surface area contributed by atoms with Gasteiger partial charge in [0.25, 0.3) is 0 Å². The summed E-state index contributed by atoms with van der Waals surface area (Å²) < 4.78 is 7.29. The fourth-order valence-corrected chi connectivity index (χ4v) is 4.54. The second-order valence-electron chi connectivity index (χ2n) is 3.68. The minimum atomic E-state index is 0.0257. The van der Waals surface area contributed by atoms with Gasteiger partial charge in [-0.1, -0.05) is 0 Å². The van der Waals surface area contributed by atoms with Gasteiger partial charge >= 0.3 is 0 Å². The van der Waals surface area contributed by atoms with E-state index in [2.05, 4.69) is 31.9 Å². The van der Waals surface area contributed by atoms with Gasteiger partial charge in [-0.25, -0.2) is 0 Å². The second-order valence-corrected chi connectivity index (χ2v) is 7.43. The Morgan fingerprint density at radius 3 is 2.80 bits per heavy atom. The first kappa shape index (κ1) is 11.8. The molecule has 0 N–H and O–H groups in total. The molecule has 0 aromatic carbocycles. The number of rotatable bonds is 2. The average Bonchev–Trinajstić information content (AvgIpc) is 2.71. The molecule has 1 aliphatic rings. The molecule has 0 aliphatic carbocycles. The van der Waals surface area contributed by atoms with E-state index >= 15 is 0 Å². The summed E-state index contributed by atoms with van der Waals surface area (Å²) in [5.74, 6) is 0.214. The van der Waals surface area contributed by atoms with Crippen LogP contribution in [-0.4, -0.2) is 18.5 Å². The van der Waals surface area contributed by atoms with Gasteiger partial charge in [0.1, 0.15) is 0 Å². The molecule has 2 rings (SSSR count). The molecular formula is C10H10Br2O2S. The van der Waals surface area contributed by atoms with Crippen molar-refractivity contribution in [1.29, 1.82) is 0 Å². The maximum Gasteiger partial charge on any atom is 0.170 e. The highest BCUT2D eigenvalue weighted by molar-refractivity contribution is 9.12. The number of ether oxygens (including phenoxy) is 1. The highest BCUT2D eigenvalue weighted by Gasteiger charge is 2.30. The van der Waals surface area contributed by atoms with Crippen LogP contribution in [0.25, 0.3) is 0 Å². The van der Waals surface area contributed by atoms with Crippen molar-refractivity contribution < 1.29 is 9.53 Å². The lowest BCUT2D eigenvalue weighted by atomic mass is 9.97. The molecule has 1 aromatic rings. The van der Waals surface area contributed by atoms with E-state index in [4.69, 9.17) is 4.74 Å². The highest BCUT2D eigenvalue weighted by Crippen LogP contribution is 2.35. The first-order valence-corrected chi connectivity index (χ1v) is 7.09. The van der Waals surface area contributed by atoms with Crippen molar-refractivity contribution in [2.45, 2.75) is 19.4 Å². The van der Waals surface area contributed by atoms with Gasteiger partial charge in [-0.05, 0) is 51.3 Å². The van der Waals surface area contributed by atoms with E-state index < -0.39 is 0 Å². The van der Waals surface area contributed by atoms with E-state index in [9.17, 15) is 4.79 Å². The van der Waals surface area contributed by atoms with Crippen molar-refractivity contribution in [3.05, 3.63) is 19.2 Å². The lowest BCUT2D eigenvalue weighted by molar-refractivity contribution is 0.0877. The Kier molecular flexibility index (Phi) is 3.65. The smallest absolute Gasteiger partial charge is 0.170 e. The van der Waals surface area contributed by atoms with E-state index in [1.54, 1.807) is 0 Å². The SMILES string of the molecule is CC1CC(C(=O)c2cc(Br)sc2Br)CO1. The summed E-state index contributed by atoms with van der Waals surface area (Å²) in [5, 5.41) is 0. The first-order valence-electron chi connectivity index (χ1n) is 4.68. The number of carbonyl (C=O) groups excluding carboxylic acids is 1. The molecule has 2 atom stereocenters. The van der Waals surface area contributed by atoms with Crippen molar-refractivity contribution in [2.24, 2.45) is 5.92 Å². The highest BCUT2D eigenvalue weighted by atomic mass is 79.9. The van der Waals surface area contributed by atoms with E-state index in [0.717, 1.165) is 19.6 Å². The first-order chi connectivity index (χ1) is 7.08. The van der Waals surface area contributed by atoms with Crippen LogP contribution >= 0.6 is 43.2 Å². The van der Waals surface area contributed by atoms with Crippen LogP contribution in [0.15, 0.2) is 13.6 Å². The Morgan fingerprint density at radius 1 is 1.60 bits per heavy atom. The molecule has 82 valence electrons. The molecule has 0 amide bonds. The van der Waals surface area contributed by atoms with Crippen LogP contribution in [0.3, 0.4) is 0 Å². The van der Waals surface area contributed by atoms with Gasteiger partial charge in [-0.15, -0.1) is 11.3 Å². The maximum atomic E-state index is 12.1. The predicted octanol–water partition coefficient (Wildman–Crippen LogP) is 3.88.